The standard InChI is InChI=1S/C23H21N3O2S/c27-22-20-11-4-12-24-21(20)25-23(26(22)14-18-9-5-13-28-18)29-15-17-8-3-7-16-6-1-2-10-19(16)17/h1-4,6-8,10-12,18H,5,9,13-15H2. The van der Waals surface area contributed by atoms with Gasteiger partial charge in [-0.2, -0.15) is 0 Å². The second-order valence-electron chi connectivity index (χ2n) is 7.25. The van der Waals surface area contributed by atoms with Crippen LogP contribution >= 0.6 is 11.8 Å². The van der Waals surface area contributed by atoms with Crippen molar-refractivity contribution in [3.05, 3.63) is 76.7 Å². The van der Waals surface area contributed by atoms with Crippen LogP contribution in [0.25, 0.3) is 21.8 Å². The Labute approximate surface area is 172 Å². The lowest BCUT2D eigenvalue weighted by molar-refractivity contribution is 0.0937. The number of hydrogen-bond donors (Lipinski definition) is 0. The summed E-state index contributed by atoms with van der Waals surface area (Å²) in [4.78, 5) is 22.2. The van der Waals surface area contributed by atoms with Crippen LogP contribution < -0.4 is 5.56 Å². The smallest absolute Gasteiger partial charge is 0.263 e. The molecule has 1 aliphatic rings. The largest absolute Gasteiger partial charge is 0.376 e. The molecule has 29 heavy (non-hydrogen) atoms. The Balaban J connectivity index is 1.53. The van der Waals surface area contributed by atoms with Crippen molar-refractivity contribution < 1.29 is 4.74 Å². The Morgan fingerprint density at radius 1 is 1.07 bits per heavy atom. The zero-order chi connectivity index (χ0) is 19.6. The molecule has 5 rings (SSSR count). The maximum Gasteiger partial charge on any atom is 0.263 e. The molecule has 4 aromatic rings. The molecule has 1 fully saturated rings. The quantitative estimate of drug-likeness (QED) is 0.365. The van der Waals surface area contributed by atoms with E-state index in [1.807, 2.05) is 0 Å². The molecule has 146 valence electrons. The molecule has 0 saturated carbocycles. The molecule has 1 atom stereocenters. The van der Waals surface area contributed by atoms with Crippen molar-refractivity contribution in [1.29, 1.82) is 0 Å². The molecule has 1 saturated heterocycles. The topological polar surface area (TPSA) is 57.0 Å². The molecule has 5 nitrogen and oxygen atoms in total. The summed E-state index contributed by atoms with van der Waals surface area (Å²) in [5.74, 6) is 0.734. The Morgan fingerprint density at radius 2 is 1.93 bits per heavy atom. The molecular formula is C23H21N3O2S. The van der Waals surface area contributed by atoms with Gasteiger partial charge in [0.05, 0.1) is 18.0 Å². The molecule has 1 unspecified atom stereocenters. The van der Waals surface area contributed by atoms with Gasteiger partial charge in [-0.15, -0.1) is 0 Å². The van der Waals surface area contributed by atoms with E-state index in [2.05, 4.69) is 47.4 Å². The molecule has 2 aromatic carbocycles. The summed E-state index contributed by atoms with van der Waals surface area (Å²) in [6.07, 6.45) is 3.77. The summed E-state index contributed by atoms with van der Waals surface area (Å²) in [5.41, 5.74) is 1.69. The van der Waals surface area contributed by atoms with Crippen LogP contribution in [0.3, 0.4) is 0 Å². The number of fused-ring (bicyclic) bond motifs is 2. The third-order valence-electron chi connectivity index (χ3n) is 5.34. The number of thioether (sulfide) groups is 1. The summed E-state index contributed by atoms with van der Waals surface area (Å²) in [6.45, 7) is 1.30. The fourth-order valence-electron chi connectivity index (χ4n) is 3.86. The maximum atomic E-state index is 13.2. The first kappa shape index (κ1) is 18.3. The number of hydrogen-bond acceptors (Lipinski definition) is 5. The van der Waals surface area contributed by atoms with Gasteiger partial charge in [-0.1, -0.05) is 54.2 Å². The van der Waals surface area contributed by atoms with E-state index in [1.54, 1.807) is 34.7 Å². The molecule has 0 aliphatic carbocycles. The van der Waals surface area contributed by atoms with Crippen molar-refractivity contribution in [2.75, 3.05) is 6.61 Å². The Bertz CT molecular complexity index is 1230. The van der Waals surface area contributed by atoms with Gasteiger partial charge in [-0.25, -0.2) is 9.97 Å². The second-order valence-corrected chi connectivity index (χ2v) is 8.19. The number of ether oxygens (including phenoxy) is 1. The van der Waals surface area contributed by atoms with Crippen LogP contribution in [-0.4, -0.2) is 27.2 Å². The molecule has 3 heterocycles. The predicted octanol–water partition coefficient (Wildman–Crippen LogP) is 4.42. The minimum absolute atomic E-state index is 0.0426. The van der Waals surface area contributed by atoms with Gasteiger partial charge in [-0.3, -0.25) is 9.36 Å². The second kappa shape index (κ2) is 7.97. The predicted molar refractivity (Wildman–Crippen MR) is 116 cm³/mol. The number of rotatable bonds is 5. The normalized spacial score (nSPS) is 16.6. The van der Waals surface area contributed by atoms with E-state index in [4.69, 9.17) is 9.72 Å². The van der Waals surface area contributed by atoms with Crippen LogP contribution in [0.4, 0.5) is 0 Å². The van der Waals surface area contributed by atoms with E-state index in [0.717, 1.165) is 25.2 Å². The van der Waals surface area contributed by atoms with Crippen LogP contribution in [0.15, 0.2) is 70.7 Å². The van der Waals surface area contributed by atoms with Crippen LogP contribution in [0.2, 0.25) is 0 Å². The van der Waals surface area contributed by atoms with Crippen molar-refractivity contribution in [3.63, 3.8) is 0 Å². The van der Waals surface area contributed by atoms with Gasteiger partial charge in [0, 0.05) is 18.6 Å². The van der Waals surface area contributed by atoms with Gasteiger partial charge < -0.3 is 4.74 Å². The lowest BCUT2D eigenvalue weighted by Crippen LogP contribution is -2.29. The average molecular weight is 404 g/mol. The van der Waals surface area contributed by atoms with Crippen molar-refractivity contribution in [1.82, 2.24) is 14.5 Å². The zero-order valence-corrected chi connectivity index (χ0v) is 16.8. The minimum atomic E-state index is -0.0426. The maximum absolute atomic E-state index is 13.2. The average Bonchev–Trinajstić information content (AvgIpc) is 3.28. The molecule has 6 heteroatoms. The summed E-state index contributed by atoms with van der Waals surface area (Å²) < 4.78 is 7.56. The van der Waals surface area contributed by atoms with Gasteiger partial charge in [0.15, 0.2) is 10.8 Å². The highest BCUT2D eigenvalue weighted by molar-refractivity contribution is 7.98. The van der Waals surface area contributed by atoms with E-state index in [9.17, 15) is 4.79 Å². The number of benzene rings is 2. The summed E-state index contributed by atoms with van der Waals surface area (Å²) in [7, 11) is 0. The van der Waals surface area contributed by atoms with Gasteiger partial charge in [0.1, 0.15) is 0 Å². The summed E-state index contributed by atoms with van der Waals surface area (Å²) >= 11 is 1.58. The van der Waals surface area contributed by atoms with Crippen LogP contribution in [-0.2, 0) is 17.0 Å². The Morgan fingerprint density at radius 3 is 2.83 bits per heavy atom. The van der Waals surface area contributed by atoms with E-state index in [-0.39, 0.29) is 11.7 Å². The van der Waals surface area contributed by atoms with Crippen LogP contribution in [0.5, 0.6) is 0 Å². The van der Waals surface area contributed by atoms with Crippen molar-refractivity contribution in [2.45, 2.75) is 36.4 Å². The highest BCUT2D eigenvalue weighted by Crippen LogP contribution is 2.27. The van der Waals surface area contributed by atoms with Gasteiger partial charge >= 0.3 is 0 Å². The van der Waals surface area contributed by atoms with E-state index in [1.165, 1.54) is 16.3 Å². The summed E-state index contributed by atoms with van der Waals surface area (Å²) in [5, 5.41) is 3.70. The molecule has 0 amide bonds. The Hall–Kier alpha value is -2.70. The van der Waals surface area contributed by atoms with E-state index in [0.29, 0.717) is 22.7 Å². The van der Waals surface area contributed by atoms with Crippen LogP contribution in [0.1, 0.15) is 18.4 Å². The Kier molecular flexibility index (Phi) is 5.04. The fourth-order valence-corrected chi connectivity index (χ4v) is 4.86. The van der Waals surface area contributed by atoms with Gasteiger partial charge in [0.25, 0.3) is 5.56 Å². The molecule has 0 radical (unpaired) electrons. The number of pyridine rings is 1. The minimum Gasteiger partial charge on any atom is -0.376 e. The number of nitrogens with zero attached hydrogens (tertiary/aromatic N) is 3. The molecule has 0 N–H and O–H groups in total. The van der Waals surface area contributed by atoms with Gasteiger partial charge in [-0.05, 0) is 41.3 Å². The summed E-state index contributed by atoms with van der Waals surface area (Å²) in [6, 6.07) is 18.3. The van der Waals surface area contributed by atoms with E-state index >= 15 is 0 Å². The highest BCUT2D eigenvalue weighted by atomic mass is 32.2. The third kappa shape index (κ3) is 3.66. The van der Waals surface area contributed by atoms with Gasteiger partial charge in [0.2, 0.25) is 0 Å². The first-order chi connectivity index (χ1) is 14.3. The third-order valence-corrected chi connectivity index (χ3v) is 6.37. The molecule has 1 aliphatic heterocycles. The number of aromatic nitrogens is 3. The molecule has 0 spiro atoms. The van der Waals surface area contributed by atoms with Crippen LogP contribution in [0, 0.1) is 0 Å². The zero-order valence-electron chi connectivity index (χ0n) is 16.0. The monoisotopic (exact) mass is 403 g/mol. The highest BCUT2D eigenvalue weighted by Gasteiger charge is 2.20. The van der Waals surface area contributed by atoms with E-state index < -0.39 is 0 Å². The molecular weight excluding hydrogens is 382 g/mol. The molecule has 2 aromatic heterocycles. The van der Waals surface area contributed by atoms with Crippen molar-refractivity contribution >= 4 is 33.6 Å². The first-order valence-corrected chi connectivity index (χ1v) is 10.8. The molecule has 0 bridgehead atoms. The first-order valence-electron chi connectivity index (χ1n) is 9.86. The van der Waals surface area contributed by atoms with Crippen molar-refractivity contribution in [2.24, 2.45) is 0 Å². The lowest BCUT2D eigenvalue weighted by Gasteiger charge is -2.16. The lowest BCUT2D eigenvalue weighted by atomic mass is 10.1. The van der Waals surface area contributed by atoms with Crippen molar-refractivity contribution in [3.8, 4) is 0 Å². The SMILES string of the molecule is O=c1c2cccnc2nc(SCc2cccc3ccccc23)n1CC1CCCO1. The fraction of sp³-hybridized carbons (Fsp3) is 0.261.